The zero-order valence-electron chi connectivity index (χ0n) is 18.1. The summed E-state index contributed by atoms with van der Waals surface area (Å²) in [5.41, 5.74) is 0.280. The zero-order chi connectivity index (χ0) is 23.1. The van der Waals surface area contributed by atoms with E-state index in [1.165, 1.54) is 26.1 Å². The van der Waals surface area contributed by atoms with Gasteiger partial charge in [0.25, 0.3) is 0 Å². The standard InChI is InChI=1S/C24H26INO6/c1-30-17-7-8-20-22(14-17)26(15-21(23(20)27)24(28)29)16-11-18(31-2)13-19(12-16)32-10-6-4-3-5-9-25/h7-8,11-15H,3-6,9-10H2,1-2H3,(H,28,29). The lowest BCUT2D eigenvalue weighted by Crippen LogP contribution is -2.18. The van der Waals surface area contributed by atoms with E-state index in [0.717, 1.165) is 17.3 Å². The molecule has 2 aromatic carbocycles. The summed E-state index contributed by atoms with van der Waals surface area (Å²) in [5, 5.41) is 9.85. The third kappa shape index (κ3) is 5.53. The van der Waals surface area contributed by atoms with Crippen molar-refractivity contribution in [2.24, 2.45) is 0 Å². The number of ether oxygens (including phenoxy) is 3. The molecular formula is C24H26INO6. The molecule has 0 fully saturated rings. The Balaban J connectivity index is 2.05. The van der Waals surface area contributed by atoms with E-state index in [4.69, 9.17) is 14.2 Å². The summed E-state index contributed by atoms with van der Waals surface area (Å²) >= 11 is 2.38. The van der Waals surface area contributed by atoms with E-state index in [1.54, 1.807) is 42.0 Å². The number of hydrogen-bond donors (Lipinski definition) is 1. The Morgan fingerprint density at radius 2 is 1.69 bits per heavy atom. The minimum Gasteiger partial charge on any atom is -0.497 e. The quantitative estimate of drug-likeness (QED) is 0.203. The molecule has 0 saturated carbocycles. The first kappa shape index (κ1) is 23.9. The van der Waals surface area contributed by atoms with Crippen LogP contribution in [-0.2, 0) is 0 Å². The molecule has 1 aromatic heterocycles. The monoisotopic (exact) mass is 551 g/mol. The van der Waals surface area contributed by atoms with Crippen LogP contribution in [0.1, 0.15) is 36.0 Å². The highest BCUT2D eigenvalue weighted by atomic mass is 127. The SMILES string of the molecule is COc1cc(OCCCCCCI)cc(-n2cc(C(=O)O)c(=O)c3ccc(OC)cc32)c1. The molecule has 7 nitrogen and oxygen atoms in total. The largest absolute Gasteiger partial charge is 0.497 e. The Hall–Kier alpha value is -2.75. The molecule has 32 heavy (non-hydrogen) atoms. The number of carboxylic acid groups (broad SMARTS) is 1. The third-order valence-electron chi connectivity index (χ3n) is 5.12. The Morgan fingerprint density at radius 1 is 0.969 bits per heavy atom. The lowest BCUT2D eigenvalue weighted by Gasteiger charge is -2.16. The molecule has 3 aromatic rings. The first-order valence-corrected chi connectivity index (χ1v) is 11.9. The van der Waals surface area contributed by atoms with Gasteiger partial charge in [0, 0.05) is 35.8 Å². The van der Waals surface area contributed by atoms with Gasteiger partial charge >= 0.3 is 5.97 Å². The number of methoxy groups -OCH3 is 2. The minimum atomic E-state index is -1.28. The van der Waals surface area contributed by atoms with E-state index < -0.39 is 11.4 Å². The normalized spacial score (nSPS) is 10.8. The molecule has 8 heteroatoms. The first-order chi connectivity index (χ1) is 15.5. The summed E-state index contributed by atoms with van der Waals surface area (Å²) < 4.78 is 19.5. The average molecular weight is 551 g/mol. The maximum atomic E-state index is 12.7. The number of rotatable bonds is 11. The van der Waals surface area contributed by atoms with Gasteiger partial charge in [-0.15, -0.1) is 0 Å². The second kappa shape index (κ2) is 11.2. The number of aromatic nitrogens is 1. The van der Waals surface area contributed by atoms with Gasteiger partial charge in [-0.25, -0.2) is 4.79 Å². The van der Waals surface area contributed by atoms with Crippen LogP contribution in [-0.4, -0.2) is 40.9 Å². The van der Waals surface area contributed by atoms with Crippen LogP contribution in [0.2, 0.25) is 0 Å². The van der Waals surface area contributed by atoms with Gasteiger partial charge in [-0.3, -0.25) is 4.79 Å². The average Bonchev–Trinajstić information content (AvgIpc) is 2.80. The van der Waals surface area contributed by atoms with E-state index in [9.17, 15) is 14.7 Å². The number of carboxylic acids is 1. The molecular weight excluding hydrogens is 525 g/mol. The fourth-order valence-corrected chi connectivity index (χ4v) is 3.97. The summed E-state index contributed by atoms with van der Waals surface area (Å²) in [6.45, 7) is 0.576. The van der Waals surface area contributed by atoms with E-state index in [1.807, 2.05) is 6.07 Å². The van der Waals surface area contributed by atoms with Gasteiger partial charge in [0.15, 0.2) is 0 Å². The predicted molar refractivity (Wildman–Crippen MR) is 132 cm³/mol. The summed E-state index contributed by atoms with van der Waals surface area (Å²) in [5.74, 6) is 0.445. The number of halogens is 1. The second-order valence-electron chi connectivity index (χ2n) is 7.25. The minimum absolute atomic E-state index is 0.284. The first-order valence-electron chi connectivity index (χ1n) is 10.3. The highest BCUT2D eigenvalue weighted by Gasteiger charge is 2.17. The molecule has 1 heterocycles. The molecule has 170 valence electrons. The number of aromatic carboxylic acids is 1. The number of hydrogen-bond acceptors (Lipinski definition) is 5. The van der Waals surface area contributed by atoms with Crippen LogP contribution < -0.4 is 19.6 Å². The number of unbranched alkanes of at least 4 members (excludes halogenated alkanes) is 3. The Labute approximate surface area is 200 Å². The molecule has 0 saturated heterocycles. The summed E-state index contributed by atoms with van der Waals surface area (Å²) in [4.78, 5) is 24.4. The highest BCUT2D eigenvalue weighted by Crippen LogP contribution is 2.29. The molecule has 0 atom stereocenters. The molecule has 0 spiro atoms. The van der Waals surface area contributed by atoms with Gasteiger partial charge in [0.1, 0.15) is 22.8 Å². The van der Waals surface area contributed by atoms with Gasteiger partial charge in [-0.2, -0.15) is 0 Å². The smallest absolute Gasteiger partial charge is 0.341 e. The molecule has 0 aliphatic heterocycles. The predicted octanol–water partition coefficient (Wildman–Crippen LogP) is 5.08. The summed E-state index contributed by atoms with van der Waals surface area (Å²) in [6.07, 6.45) is 5.77. The highest BCUT2D eigenvalue weighted by molar-refractivity contribution is 14.1. The lowest BCUT2D eigenvalue weighted by molar-refractivity contribution is 0.0695. The van der Waals surface area contributed by atoms with Crippen LogP contribution >= 0.6 is 22.6 Å². The Kier molecular flexibility index (Phi) is 8.38. The summed E-state index contributed by atoms with van der Waals surface area (Å²) in [7, 11) is 3.09. The summed E-state index contributed by atoms with van der Waals surface area (Å²) in [6, 6.07) is 10.3. The molecule has 0 aliphatic rings. The molecule has 1 N–H and O–H groups in total. The Morgan fingerprint density at radius 3 is 2.38 bits per heavy atom. The molecule has 0 radical (unpaired) electrons. The zero-order valence-corrected chi connectivity index (χ0v) is 20.3. The number of carbonyl (C=O) groups is 1. The van der Waals surface area contributed by atoms with Crippen molar-refractivity contribution < 1.29 is 24.1 Å². The lowest BCUT2D eigenvalue weighted by atomic mass is 10.1. The van der Waals surface area contributed by atoms with Gasteiger partial charge in [-0.1, -0.05) is 35.4 Å². The third-order valence-corrected chi connectivity index (χ3v) is 5.88. The number of pyridine rings is 1. The van der Waals surface area contributed by atoms with Crippen molar-refractivity contribution in [2.75, 3.05) is 25.3 Å². The van der Waals surface area contributed by atoms with Crippen LogP contribution in [0.15, 0.2) is 47.4 Å². The van der Waals surface area contributed by atoms with Crippen molar-refractivity contribution >= 4 is 39.5 Å². The molecule has 0 amide bonds. The number of benzene rings is 2. The fourth-order valence-electron chi connectivity index (χ4n) is 3.44. The van der Waals surface area contributed by atoms with Gasteiger partial charge < -0.3 is 23.9 Å². The topological polar surface area (TPSA) is 87.0 Å². The van der Waals surface area contributed by atoms with Crippen LogP contribution in [0.25, 0.3) is 16.6 Å². The van der Waals surface area contributed by atoms with E-state index >= 15 is 0 Å². The van der Waals surface area contributed by atoms with Gasteiger partial charge in [0.2, 0.25) is 5.43 Å². The van der Waals surface area contributed by atoms with Crippen LogP contribution in [0.5, 0.6) is 17.2 Å². The number of fused-ring (bicyclic) bond motifs is 1. The van der Waals surface area contributed by atoms with Crippen molar-refractivity contribution in [3.05, 3.63) is 58.4 Å². The molecule has 3 rings (SSSR count). The molecule has 0 bridgehead atoms. The van der Waals surface area contributed by atoms with Crippen LogP contribution in [0.3, 0.4) is 0 Å². The van der Waals surface area contributed by atoms with Crippen molar-refractivity contribution in [1.82, 2.24) is 4.57 Å². The fraction of sp³-hybridized carbons (Fsp3) is 0.333. The number of nitrogens with zero attached hydrogens (tertiary/aromatic N) is 1. The van der Waals surface area contributed by atoms with Gasteiger partial charge in [-0.05, 0) is 29.4 Å². The Bertz CT molecular complexity index is 1160. The van der Waals surface area contributed by atoms with Gasteiger partial charge in [0.05, 0.1) is 32.0 Å². The van der Waals surface area contributed by atoms with Crippen molar-refractivity contribution in [1.29, 1.82) is 0 Å². The van der Waals surface area contributed by atoms with Crippen molar-refractivity contribution in [2.45, 2.75) is 25.7 Å². The number of alkyl halides is 1. The maximum absolute atomic E-state index is 12.7. The maximum Gasteiger partial charge on any atom is 0.341 e. The van der Waals surface area contributed by atoms with Crippen LogP contribution in [0, 0.1) is 0 Å². The van der Waals surface area contributed by atoms with E-state index in [0.29, 0.717) is 35.1 Å². The second-order valence-corrected chi connectivity index (χ2v) is 8.33. The van der Waals surface area contributed by atoms with E-state index in [2.05, 4.69) is 22.6 Å². The van der Waals surface area contributed by atoms with E-state index in [-0.39, 0.29) is 10.9 Å². The molecule has 0 unspecified atom stereocenters. The molecule has 0 aliphatic carbocycles. The van der Waals surface area contributed by atoms with Crippen molar-refractivity contribution in [3.63, 3.8) is 0 Å². The van der Waals surface area contributed by atoms with Crippen molar-refractivity contribution in [3.8, 4) is 22.9 Å². The van der Waals surface area contributed by atoms with Crippen LogP contribution in [0.4, 0.5) is 0 Å².